The molecule has 3 aromatic carbocycles. The molecule has 0 spiro atoms. The molecule has 0 aromatic heterocycles. The van der Waals surface area contributed by atoms with Gasteiger partial charge in [0.05, 0.1) is 13.2 Å². The number of amides is 4. The summed E-state index contributed by atoms with van der Waals surface area (Å²) in [6.07, 6.45) is -8.06. The molecule has 3 aromatic rings. The number of aliphatic hydroxyl groups excluding tert-OH is 1. The summed E-state index contributed by atoms with van der Waals surface area (Å²) in [7, 11) is 1.41. The van der Waals surface area contributed by atoms with E-state index in [1.807, 2.05) is 0 Å². The summed E-state index contributed by atoms with van der Waals surface area (Å²) >= 11 is 6.18. The van der Waals surface area contributed by atoms with E-state index in [0.717, 1.165) is 0 Å². The summed E-state index contributed by atoms with van der Waals surface area (Å²) in [5.41, 5.74) is 0.0702. The summed E-state index contributed by atoms with van der Waals surface area (Å²) in [6, 6.07) is 13.2. The van der Waals surface area contributed by atoms with E-state index < -0.39 is 78.1 Å². The van der Waals surface area contributed by atoms with Crippen molar-refractivity contribution >= 4 is 41.2 Å². The second-order valence-corrected chi connectivity index (χ2v) is 14.5. The number of carbonyl (C=O) groups excluding carboxylic acids is 5. The highest BCUT2D eigenvalue weighted by atomic mass is 35.5. The van der Waals surface area contributed by atoms with Crippen molar-refractivity contribution in [1.82, 2.24) is 21.3 Å². The molecule has 0 aliphatic rings. The molecule has 0 fully saturated rings. The van der Waals surface area contributed by atoms with Crippen molar-refractivity contribution in [3.05, 3.63) is 94.5 Å². The van der Waals surface area contributed by atoms with Crippen molar-refractivity contribution < 1.29 is 56.5 Å². The number of nitrogens with one attached hydrogen (secondary N) is 4. The molecule has 0 bridgehead atoms. The number of hydrogen-bond donors (Lipinski definition) is 5. The second kappa shape index (κ2) is 20.0. The summed E-state index contributed by atoms with van der Waals surface area (Å²) < 4.78 is 56.4. The van der Waals surface area contributed by atoms with Gasteiger partial charge in [-0.05, 0) is 86.3 Å². The first kappa shape index (κ1) is 45.0. The fourth-order valence-electron chi connectivity index (χ4n) is 5.20. The molecule has 56 heavy (non-hydrogen) atoms. The lowest BCUT2D eigenvalue weighted by atomic mass is 9.96. The number of carbonyl (C=O) groups is 5. The molecule has 4 atom stereocenters. The maximum Gasteiger partial charge on any atom is 0.416 e. The van der Waals surface area contributed by atoms with E-state index in [9.17, 15) is 42.3 Å². The maximum absolute atomic E-state index is 14.0. The highest BCUT2D eigenvalue weighted by Crippen LogP contribution is 2.27. The first-order valence-electron chi connectivity index (χ1n) is 17.4. The van der Waals surface area contributed by atoms with Crippen molar-refractivity contribution in [3.63, 3.8) is 0 Å². The Morgan fingerprint density at radius 1 is 0.839 bits per heavy atom. The van der Waals surface area contributed by atoms with Crippen molar-refractivity contribution in [2.24, 2.45) is 5.92 Å². The molecule has 0 aliphatic carbocycles. The highest BCUT2D eigenvalue weighted by Gasteiger charge is 2.46. The van der Waals surface area contributed by atoms with Gasteiger partial charge in [0.2, 0.25) is 11.8 Å². The van der Waals surface area contributed by atoms with Gasteiger partial charge in [0, 0.05) is 17.0 Å². The average molecular weight is 807 g/mol. The van der Waals surface area contributed by atoms with Gasteiger partial charge in [0.25, 0.3) is 11.8 Å². The Labute approximate surface area is 327 Å². The zero-order valence-corrected chi connectivity index (χ0v) is 32.4. The van der Waals surface area contributed by atoms with Crippen molar-refractivity contribution in [1.29, 1.82) is 0 Å². The van der Waals surface area contributed by atoms with E-state index in [0.29, 0.717) is 16.3 Å². The standard InChI is InChI=1S/C39H46ClF3N4O9/c1-22(2)32(34(50)39(41,42)43)46-37(53)33(24-10-14-27(54-6)15-11-24)47-36(52)29(19-23-8-7-9-26(40)18-23)45-35(51)25-12-16-28(17-13-25)55-21-30(48)44-20-31(49)56-38(3,4)5/h7-18,22,29,32-34,50H,19-21H2,1-6H3,(H,44,48)(H,45,51)(H,46,53)(H,47,52)/t29-,32-,33-,34-/m0/s1. The number of rotatable bonds is 17. The highest BCUT2D eigenvalue weighted by molar-refractivity contribution is 6.30. The van der Waals surface area contributed by atoms with E-state index in [2.05, 4.69) is 21.3 Å². The lowest BCUT2D eigenvalue weighted by Crippen LogP contribution is -2.56. The molecular weight excluding hydrogens is 761 g/mol. The molecular formula is C39H46ClF3N4O9. The van der Waals surface area contributed by atoms with E-state index in [1.165, 1.54) is 69.5 Å². The van der Waals surface area contributed by atoms with E-state index in [4.69, 9.17) is 25.8 Å². The average Bonchev–Trinajstić information content (AvgIpc) is 3.12. The molecule has 0 unspecified atom stereocenters. The van der Waals surface area contributed by atoms with Gasteiger partial charge < -0.3 is 40.6 Å². The third-order valence-corrected chi connectivity index (χ3v) is 8.22. The third kappa shape index (κ3) is 14.4. The van der Waals surface area contributed by atoms with Gasteiger partial charge in [-0.15, -0.1) is 0 Å². The summed E-state index contributed by atoms with van der Waals surface area (Å²) in [6.45, 7) is 7.07. The number of aliphatic hydroxyl groups is 1. The van der Waals surface area contributed by atoms with Gasteiger partial charge >= 0.3 is 12.1 Å². The lowest BCUT2D eigenvalue weighted by Gasteiger charge is -2.31. The van der Waals surface area contributed by atoms with Crippen LogP contribution in [0.5, 0.6) is 11.5 Å². The molecule has 3 rings (SSSR count). The van der Waals surface area contributed by atoms with Crippen LogP contribution in [0.4, 0.5) is 13.2 Å². The number of halogens is 4. The molecule has 304 valence electrons. The predicted octanol–water partition coefficient (Wildman–Crippen LogP) is 4.45. The molecule has 5 N–H and O–H groups in total. The molecule has 0 heterocycles. The first-order chi connectivity index (χ1) is 26.2. The van der Waals surface area contributed by atoms with Crippen LogP contribution in [0.3, 0.4) is 0 Å². The van der Waals surface area contributed by atoms with Crippen molar-refractivity contribution in [2.75, 3.05) is 20.3 Å². The molecule has 0 radical (unpaired) electrons. The lowest BCUT2D eigenvalue weighted by molar-refractivity contribution is -0.215. The third-order valence-electron chi connectivity index (χ3n) is 7.99. The van der Waals surface area contributed by atoms with Gasteiger partial charge in [0.15, 0.2) is 12.7 Å². The van der Waals surface area contributed by atoms with Crippen LogP contribution in [-0.2, 0) is 30.3 Å². The number of esters is 1. The minimum Gasteiger partial charge on any atom is -0.497 e. The largest absolute Gasteiger partial charge is 0.497 e. The minimum atomic E-state index is -5.05. The van der Waals surface area contributed by atoms with Gasteiger partial charge in [0.1, 0.15) is 35.7 Å². The van der Waals surface area contributed by atoms with Crippen LogP contribution in [0.25, 0.3) is 0 Å². The normalized spacial score (nSPS) is 13.7. The molecule has 0 saturated carbocycles. The van der Waals surface area contributed by atoms with Crippen LogP contribution in [0.1, 0.15) is 62.1 Å². The molecule has 0 saturated heterocycles. The van der Waals surface area contributed by atoms with Crippen LogP contribution in [0.2, 0.25) is 5.02 Å². The van der Waals surface area contributed by atoms with Crippen LogP contribution in [0, 0.1) is 5.92 Å². The Balaban J connectivity index is 1.82. The molecule has 13 nitrogen and oxygen atoms in total. The quantitative estimate of drug-likeness (QED) is 0.123. The Hall–Kier alpha value is -5.35. The number of methoxy groups -OCH3 is 1. The van der Waals surface area contributed by atoms with Gasteiger partial charge in [-0.1, -0.05) is 49.7 Å². The topological polar surface area (TPSA) is 181 Å². The maximum atomic E-state index is 14.0. The number of benzene rings is 3. The Morgan fingerprint density at radius 3 is 2.02 bits per heavy atom. The fraction of sp³-hybridized carbons (Fsp3) is 0.410. The van der Waals surface area contributed by atoms with Crippen molar-refractivity contribution in [3.8, 4) is 11.5 Å². The van der Waals surface area contributed by atoms with E-state index in [-0.39, 0.29) is 29.8 Å². The van der Waals surface area contributed by atoms with Gasteiger partial charge in [-0.25, -0.2) is 0 Å². The van der Waals surface area contributed by atoms with E-state index >= 15 is 0 Å². The SMILES string of the molecule is COc1ccc([C@H](NC(=O)[C@H](Cc2cccc(Cl)c2)NC(=O)c2ccc(OCC(=O)NCC(=O)OC(C)(C)C)cc2)C(=O)N[C@@H](C(C)C)[C@H](O)C(F)(F)F)cc1. The molecule has 4 amide bonds. The Kier molecular flexibility index (Phi) is 16.1. The second-order valence-electron chi connectivity index (χ2n) is 14.0. The molecule has 17 heteroatoms. The number of alkyl halides is 3. The molecule has 0 aliphatic heterocycles. The van der Waals surface area contributed by atoms with Crippen LogP contribution < -0.4 is 30.7 Å². The van der Waals surface area contributed by atoms with E-state index in [1.54, 1.807) is 45.0 Å². The predicted molar refractivity (Wildman–Crippen MR) is 200 cm³/mol. The van der Waals surface area contributed by atoms with Gasteiger partial charge in [-0.2, -0.15) is 13.2 Å². The van der Waals surface area contributed by atoms with Crippen molar-refractivity contribution in [2.45, 2.75) is 77.0 Å². The zero-order valence-electron chi connectivity index (χ0n) is 31.7. The first-order valence-corrected chi connectivity index (χ1v) is 17.8. The van der Waals surface area contributed by atoms with Gasteiger partial charge in [-0.3, -0.25) is 24.0 Å². The Morgan fingerprint density at radius 2 is 1.46 bits per heavy atom. The van der Waals surface area contributed by atoms with Crippen LogP contribution >= 0.6 is 11.6 Å². The summed E-state index contributed by atoms with van der Waals surface area (Å²) in [5, 5.41) is 20.2. The number of ether oxygens (including phenoxy) is 3. The van der Waals surface area contributed by atoms with Crippen LogP contribution in [0.15, 0.2) is 72.8 Å². The summed E-state index contributed by atoms with van der Waals surface area (Å²) in [5.74, 6) is -4.10. The summed E-state index contributed by atoms with van der Waals surface area (Å²) in [4.78, 5) is 65.2. The Bertz CT molecular complexity index is 1820. The zero-order chi connectivity index (χ0) is 41.8. The van der Waals surface area contributed by atoms with Crippen LogP contribution in [-0.4, -0.2) is 84.9 Å². The monoisotopic (exact) mass is 806 g/mol. The fourth-order valence-corrected chi connectivity index (χ4v) is 5.42. The minimum absolute atomic E-state index is 0.0842. The number of hydrogen-bond acceptors (Lipinski definition) is 9. The smallest absolute Gasteiger partial charge is 0.416 e.